The summed E-state index contributed by atoms with van der Waals surface area (Å²) < 4.78 is 11.1. The van der Waals surface area contributed by atoms with E-state index in [0.717, 1.165) is 10.3 Å². The number of hydrogen-bond donors (Lipinski definition) is 0. The molecule has 0 unspecified atom stereocenters. The summed E-state index contributed by atoms with van der Waals surface area (Å²) in [4.78, 5) is 4.98. The maximum atomic E-state index is 9.04. The van der Waals surface area contributed by atoms with Crippen LogP contribution in [0.25, 0.3) is 11.0 Å². The lowest BCUT2D eigenvalue weighted by atomic mass is 10.2. The molecule has 0 radical (unpaired) electrons. The average molecular weight is 256 g/mol. The minimum atomic E-state index is 0.209. The molecule has 0 fully saturated rings. The van der Waals surface area contributed by atoms with Gasteiger partial charge in [0.2, 0.25) is 5.76 Å². The molecule has 1 aromatic carbocycles. The lowest BCUT2D eigenvalue weighted by Crippen LogP contribution is -1.93. The molecule has 2 heterocycles. The lowest BCUT2D eigenvalue weighted by molar-refractivity contribution is 0.307. The SMILES string of the molecule is N#Cc1oc2ccccc2c1OCc1cncs1. The van der Waals surface area contributed by atoms with Gasteiger partial charge in [0.05, 0.1) is 15.8 Å². The Morgan fingerprint density at radius 1 is 1.39 bits per heavy atom. The molecular weight excluding hydrogens is 248 g/mol. The number of ether oxygens (including phenoxy) is 1. The summed E-state index contributed by atoms with van der Waals surface area (Å²) in [6, 6.07) is 9.45. The Morgan fingerprint density at radius 3 is 3.06 bits per heavy atom. The molecule has 0 saturated heterocycles. The topological polar surface area (TPSA) is 59.0 Å². The highest BCUT2D eigenvalue weighted by atomic mass is 32.1. The third-order valence-electron chi connectivity index (χ3n) is 2.49. The minimum Gasteiger partial charge on any atom is -0.483 e. The maximum Gasteiger partial charge on any atom is 0.246 e. The number of thiazole rings is 1. The molecule has 5 heteroatoms. The van der Waals surface area contributed by atoms with Crippen LogP contribution in [0.2, 0.25) is 0 Å². The zero-order chi connectivity index (χ0) is 12.4. The molecular formula is C13H8N2O2S. The van der Waals surface area contributed by atoms with Crippen LogP contribution in [0.5, 0.6) is 5.75 Å². The first-order valence-corrected chi connectivity index (χ1v) is 6.18. The van der Waals surface area contributed by atoms with Crippen LogP contribution in [0.15, 0.2) is 40.4 Å². The molecule has 0 amide bonds. The summed E-state index contributed by atoms with van der Waals surface area (Å²) >= 11 is 1.51. The van der Waals surface area contributed by atoms with Gasteiger partial charge in [0, 0.05) is 6.20 Å². The molecule has 4 nitrogen and oxygen atoms in total. The molecule has 0 N–H and O–H groups in total. The fraction of sp³-hybridized carbons (Fsp3) is 0.0769. The number of furan rings is 1. The highest BCUT2D eigenvalue weighted by Gasteiger charge is 2.15. The average Bonchev–Trinajstić information content (AvgIpc) is 3.03. The van der Waals surface area contributed by atoms with Gasteiger partial charge in [-0.15, -0.1) is 11.3 Å². The Morgan fingerprint density at radius 2 is 2.28 bits per heavy atom. The number of nitriles is 1. The van der Waals surface area contributed by atoms with E-state index in [1.165, 1.54) is 11.3 Å². The van der Waals surface area contributed by atoms with Gasteiger partial charge < -0.3 is 9.15 Å². The van der Waals surface area contributed by atoms with Crippen molar-refractivity contribution in [2.45, 2.75) is 6.61 Å². The van der Waals surface area contributed by atoms with Crippen LogP contribution in [-0.2, 0) is 6.61 Å². The summed E-state index contributed by atoms with van der Waals surface area (Å²) in [6.07, 6.45) is 1.75. The zero-order valence-corrected chi connectivity index (χ0v) is 10.1. The second-order valence-corrected chi connectivity index (χ2v) is 4.60. The first kappa shape index (κ1) is 10.8. The number of para-hydroxylation sites is 1. The molecule has 0 aliphatic heterocycles. The predicted molar refractivity (Wildman–Crippen MR) is 67.4 cm³/mol. The number of benzene rings is 1. The second kappa shape index (κ2) is 4.51. The van der Waals surface area contributed by atoms with E-state index in [2.05, 4.69) is 4.98 Å². The van der Waals surface area contributed by atoms with Gasteiger partial charge in [-0.1, -0.05) is 12.1 Å². The predicted octanol–water partition coefficient (Wildman–Crippen LogP) is 3.34. The van der Waals surface area contributed by atoms with Crippen molar-refractivity contribution in [2.24, 2.45) is 0 Å². The highest BCUT2D eigenvalue weighted by molar-refractivity contribution is 7.09. The first-order chi connectivity index (χ1) is 8.88. The van der Waals surface area contributed by atoms with Gasteiger partial charge in [0.1, 0.15) is 18.3 Å². The van der Waals surface area contributed by atoms with Crippen molar-refractivity contribution in [2.75, 3.05) is 0 Å². The Balaban J connectivity index is 1.97. The molecule has 2 aromatic heterocycles. The Hall–Kier alpha value is -2.32. The molecule has 0 atom stereocenters. The summed E-state index contributed by atoms with van der Waals surface area (Å²) in [5, 5.41) is 9.86. The molecule has 3 rings (SSSR count). The largest absolute Gasteiger partial charge is 0.483 e. The van der Waals surface area contributed by atoms with Crippen LogP contribution in [0, 0.1) is 11.3 Å². The van der Waals surface area contributed by atoms with Crippen molar-refractivity contribution < 1.29 is 9.15 Å². The van der Waals surface area contributed by atoms with E-state index < -0.39 is 0 Å². The van der Waals surface area contributed by atoms with Crippen molar-refractivity contribution in [3.05, 3.63) is 46.6 Å². The van der Waals surface area contributed by atoms with Gasteiger partial charge in [-0.05, 0) is 12.1 Å². The molecule has 0 bridgehead atoms. The van der Waals surface area contributed by atoms with Crippen LogP contribution >= 0.6 is 11.3 Å². The third kappa shape index (κ3) is 1.83. The third-order valence-corrected chi connectivity index (χ3v) is 3.25. The molecule has 3 aromatic rings. The molecule has 0 spiro atoms. The number of fused-ring (bicyclic) bond motifs is 1. The van der Waals surface area contributed by atoms with Crippen molar-refractivity contribution in [3.63, 3.8) is 0 Å². The monoisotopic (exact) mass is 256 g/mol. The fourth-order valence-electron chi connectivity index (χ4n) is 1.70. The van der Waals surface area contributed by atoms with E-state index in [0.29, 0.717) is 17.9 Å². The normalized spacial score (nSPS) is 10.4. The Bertz CT molecular complexity index is 710. The van der Waals surface area contributed by atoms with Crippen LogP contribution < -0.4 is 4.74 Å². The lowest BCUT2D eigenvalue weighted by Gasteiger charge is -2.01. The minimum absolute atomic E-state index is 0.209. The first-order valence-electron chi connectivity index (χ1n) is 5.30. The summed E-state index contributed by atoms with van der Waals surface area (Å²) in [7, 11) is 0. The standard InChI is InChI=1S/C13H8N2O2S/c14-5-12-13(16-7-9-6-15-8-18-9)10-3-1-2-4-11(10)17-12/h1-4,6,8H,7H2. The summed E-state index contributed by atoms with van der Waals surface area (Å²) in [5.41, 5.74) is 2.41. The zero-order valence-electron chi connectivity index (χ0n) is 9.29. The van der Waals surface area contributed by atoms with Gasteiger partial charge in [0.15, 0.2) is 5.75 Å². The van der Waals surface area contributed by atoms with Gasteiger partial charge in [0.25, 0.3) is 0 Å². The molecule has 18 heavy (non-hydrogen) atoms. The van der Waals surface area contributed by atoms with E-state index in [-0.39, 0.29) is 5.76 Å². The quantitative estimate of drug-likeness (QED) is 0.721. The van der Waals surface area contributed by atoms with Gasteiger partial charge in [-0.3, -0.25) is 4.98 Å². The van der Waals surface area contributed by atoms with Gasteiger partial charge in [-0.2, -0.15) is 5.26 Å². The summed E-state index contributed by atoms with van der Waals surface area (Å²) in [5.74, 6) is 0.710. The Kier molecular flexibility index (Phi) is 2.71. The van der Waals surface area contributed by atoms with E-state index in [1.807, 2.05) is 30.3 Å². The van der Waals surface area contributed by atoms with E-state index in [4.69, 9.17) is 14.4 Å². The molecule has 0 aliphatic rings. The molecule has 88 valence electrons. The van der Waals surface area contributed by atoms with Gasteiger partial charge >= 0.3 is 0 Å². The van der Waals surface area contributed by atoms with Crippen molar-refractivity contribution >= 4 is 22.3 Å². The van der Waals surface area contributed by atoms with Crippen molar-refractivity contribution in [3.8, 4) is 11.8 Å². The van der Waals surface area contributed by atoms with Gasteiger partial charge in [-0.25, -0.2) is 0 Å². The van der Waals surface area contributed by atoms with E-state index in [1.54, 1.807) is 11.7 Å². The smallest absolute Gasteiger partial charge is 0.246 e. The van der Waals surface area contributed by atoms with Crippen LogP contribution in [0.1, 0.15) is 10.6 Å². The molecule has 0 saturated carbocycles. The van der Waals surface area contributed by atoms with Crippen molar-refractivity contribution in [1.29, 1.82) is 5.26 Å². The maximum absolute atomic E-state index is 9.04. The number of hydrogen-bond acceptors (Lipinski definition) is 5. The molecule has 0 aliphatic carbocycles. The van der Waals surface area contributed by atoms with E-state index >= 15 is 0 Å². The Labute approximate surface area is 107 Å². The summed E-state index contributed by atoms with van der Waals surface area (Å²) in [6.45, 7) is 0.392. The van der Waals surface area contributed by atoms with Crippen molar-refractivity contribution in [1.82, 2.24) is 4.98 Å². The number of rotatable bonds is 3. The number of nitrogens with zero attached hydrogens (tertiary/aromatic N) is 2. The fourth-order valence-corrected chi connectivity index (χ4v) is 2.20. The second-order valence-electron chi connectivity index (χ2n) is 3.62. The van der Waals surface area contributed by atoms with Crippen LogP contribution in [0.3, 0.4) is 0 Å². The van der Waals surface area contributed by atoms with Crippen LogP contribution in [-0.4, -0.2) is 4.98 Å². The van der Waals surface area contributed by atoms with E-state index in [9.17, 15) is 0 Å². The number of aromatic nitrogens is 1. The van der Waals surface area contributed by atoms with Crippen LogP contribution in [0.4, 0.5) is 0 Å². The highest BCUT2D eigenvalue weighted by Crippen LogP contribution is 2.33.